The highest BCUT2D eigenvalue weighted by Crippen LogP contribution is 2.38. The fraction of sp³-hybridized carbons (Fsp3) is 0.500. The summed E-state index contributed by atoms with van der Waals surface area (Å²) < 4.78 is 28.5. The summed E-state index contributed by atoms with van der Waals surface area (Å²) in [6, 6.07) is 4.28. The molecule has 1 aromatic carbocycles. The summed E-state index contributed by atoms with van der Waals surface area (Å²) in [6.45, 7) is 0.512. The maximum absolute atomic E-state index is 14.2. The molecular weight excluding hydrogens is 318 g/mol. The predicted octanol–water partition coefficient (Wildman–Crippen LogP) is 1.38. The second kappa shape index (κ2) is 7.82. The van der Waals surface area contributed by atoms with Crippen LogP contribution in [0.2, 0.25) is 0 Å². The van der Waals surface area contributed by atoms with Gasteiger partial charge in [-0.15, -0.1) is 12.4 Å². The standard InChI is InChI=1S/C14H18F2N2O3.ClH/c15-14(16,9-19)12(18-7-5-17-6-8-18)10-3-1-2-4-11(10)13(20)21;/h1-4,12,17,19H,5-9H2,(H,20,21);1H/t12-;/m1./s1. The van der Waals surface area contributed by atoms with Gasteiger partial charge in [-0.2, -0.15) is 0 Å². The van der Waals surface area contributed by atoms with Crippen LogP contribution in [0.4, 0.5) is 8.78 Å². The molecule has 1 aliphatic rings. The molecule has 0 saturated carbocycles. The fourth-order valence-corrected chi connectivity index (χ4v) is 2.65. The SMILES string of the molecule is Cl.O=C(O)c1ccccc1[C@@H](N1CCNCC1)C(F)(F)CO. The first-order valence-corrected chi connectivity index (χ1v) is 6.73. The number of nitrogens with one attached hydrogen (secondary N) is 1. The van der Waals surface area contributed by atoms with E-state index >= 15 is 0 Å². The zero-order chi connectivity index (χ0) is 15.5. The summed E-state index contributed by atoms with van der Waals surface area (Å²) in [7, 11) is 0. The second-order valence-electron chi connectivity index (χ2n) is 5.00. The van der Waals surface area contributed by atoms with Gasteiger partial charge in [0.1, 0.15) is 12.6 Å². The van der Waals surface area contributed by atoms with E-state index in [1.807, 2.05) is 0 Å². The fourth-order valence-electron chi connectivity index (χ4n) is 2.65. The van der Waals surface area contributed by atoms with Crippen molar-refractivity contribution in [1.29, 1.82) is 0 Å². The molecule has 0 bridgehead atoms. The summed E-state index contributed by atoms with van der Waals surface area (Å²) in [5.41, 5.74) is -0.125. The monoisotopic (exact) mass is 336 g/mol. The van der Waals surface area contributed by atoms with E-state index < -0.39 is 24.5 Å². The van der Waals surface area contributed by atoms with Gasteiger partial charge in [0.15, 0.2) is 0 Å². The Morgan fingerprint density at radius 3 is 2.45 bits per heavy atom. The van der Waals surface area contributed by atoms with Crippen molar-refractivity contribution in [2.45, 2.75) is 12.0 Å². The van der Waals surface area contributed by atoms with Gasteiger partial charge in [-0.05, 0) is 11.6 Å². The number of halogens is 3. The second-order valence-corrected chi connectivity index (χ2v) is 5.00. The third-order valence-corrected chi connectivity index (χ3v) is 3.61. The molecule has 5 nitrogen and oxygen atoms in total. The van der Waals surface area contributed by atoms with Gasteiger partial charge in [0.2, 0.25) is 0 Å². The number of aliphatic hydroxyl groups is 1. The van der Waals surface area contributed by atoms with Crippen molar-refractivity contribution in [1.82, 2.24) is 10.2 Å². The molecular formula is C14H19ClF2N2O3. The molecule has 124 valence electrons. The Morgan fingerprint density at radius 1 is 1.32 bits per heavy atom. The smallest absolute Gasteiger partial charge is 0.336 e. The average molecular weight is 337 g/mol. The van der Waals surface area contributed by atoms with Gasteiger partial charge in [0.05, 0.1) is 5.56 Å². The molecule has 0 aliphatic carbocycles. The maximum Gasteiger partial charge on any atom is 0.336 e. The number of alkyl halides is 2. The molecule has 1 aromatic rings. The minimum absolute atomic E-state index is 0. The van der Waals surface area contributed by atoms with Crippen molar-refractivity contribution < 1.29 is 23.8 Å². The molecule has 2 rings (SSSR count). The molecule has 1 aliphatic heterocycles. The quantitative estimate of drug-likeness (QED) is 0.757. The molecule has 1 atom stereocenters. The number of benzene rings is 1. The Morgan fingerprint density at radius 2 is 1.91 bits per heavy atom. The molecule has 8 heteroatoms. The van der Waals surface area contributed by atoms with E-state index in [9.17, 15) is 18.7 Å². The van der Waals surface area contributed by atoms with E-state index in [0.717, 1.165) is 0 Å². The first-order valence-electron chi connectivity index (χ1n) is 6.73. The number of piperazine rings is 1. The van der Waals surface area contributed by atoms with Crippen molar-refractivity contribution >= 4 is 18.4 Å². The number of hydrogen-bond acceptors (Lipinski definition) is 4. The molecule has 1 heterocycles. The van der Waals surface area contributed by atoms with Crippen LogP contribution in [0.25, 0.3) is 0 Å². The van der Waals surface area contributed by atoms with Crippen molar-refractivity contribution in [3.8, 4) is 0 Å². The molecule has 0 unspecified atom stereocenters. The first-order chi connectivity index (χ1) is 9.97. The Hall–Kier alpha value is -1.28. The highest BCUT2D eigenvalue weighted by Gasteiger charge is 2.45. The Labute approximate surface area is 133 Å². The highest BCUT2D eigenvalue weighted by atomic mass is 35.5. The van der Waals surface area contributed by atoms with Crippen LogP contribution < -0.4 is 5.32 Å². The third-order valence-electron chi connectivity index (χ3n) is 3.61. The predicted molar refractivity (Wildman–Crippen MR) is 79.9 cm³/mol. The van der Waals surface area contributed by atoms with Crippen LogP contribution in [0, 0.1) is 0 Å². The van der Waals surface area contributed by atoms with Crippen LogP contribution in [0.15, 0.2) is 24.3 Å². The Kier molecular flexibility index (Phi) is 6.67. The number of carboxylic acids is 1. The molecule has 0 aromatic heterocycles. The normalized spacial score (nSPS) is 17.6. The van der Waals surface area contributed by atoms with Gasteiger partial charge in [-0.1, -0.05) is 18.2 Å². The first kappa shape index (κ1) is 18.8. The number of rotatable bonds is 5. The lowest BCUT2D eigenvalue weighted by molar-refractivity contribution is -0.118. The number of carbonyl (C=O) groups is 1. The lowest BCUT2D eigenvalue weighted by atomic mass is 9.93. The lowest BCUT2D eigenvalue weighted by Crippen LogP contribution is -2.51. The zero-order valence-corrected chi connectivity index (χ0v) is 12.7. The van der Waals surface area contributed by atoms with Crippen molar-refractivity contribution in [2.24, 2.45) is 0 Å². The molecule has 0 radical (unpaired) electrons. The van der Waals surface area contributed by atoms with Gasteiger partial charge >= 0.3 is 5.97 Å². The van der Waals surface area contributed by atoms with Gasteiger partial charge in [-0.25, -0.2) is 13.6 Å². The number of carboxylic acid groups (broad SMARTS) is 1. The summed E-state index contributed by atoms with van der Waals surface area (Å²) in [5, 5.41) is 21.3. The van der Waals surface area contributed by atoms with Crippen molar-refractivity contribution in [3.05, 3.63) is 35.4 Å². The number of hydrogen-bond donors (Lipinski definition) is 3. The third kappa shape index (κ3) is 3.92. The van der Waals surface area contributed by atoms with E-state index in [-0.39, 0.29) is 23.5 Å². The van der Waals surface area contributed by atoms with Crippen molar-refractivity contribution in [3.63, 3.8) is 0 Å². The number of aromatic carboxylic acids is 1. The van der Waals surface area contributed by atoms with E-state index in [4.69, 9.17) is 5.11 Å². The lowest BCUT2D eigenvalue weighted by Gasteiger charge is -2.39. The molecule has 1 fully saturated rings. The average Bonchev–Trinajstić information content (AvgIpc) is 2.48. The summed E-state index contributed by atoms with van der Waals surface area (Å²) in [4.78, 5) is 12.8. The maximum atomic E-state index is 14.2. The number of nitrogens with zero attached hydrogens (tertiary/aromatic N) is 1. The van der Waals surface area contributed by atoms with Gasteiger partial charge < -0.3 is 15.5 Å². The zero-order valence-electron chi connectivity index (χ0n) is 11.8. The van der Waals surface area contributed by atoms with Crippen LogP contribution in [-0.2, 0) is 0 Å². The van der Waals surface area contributed by atoms with E-state index in [1.54, 1.807) is 0 Å². The summed E-state index contributed by atoms with van der Waals surface area (Å²) in [6.07, 6.45) is 0. The minimum Gasteiger partial charge on any atom is -0.478 e. The van der Waals surface area contributed by atoms with Gasteiger partial charge in [0, 0.05) is 26.2 Å². The Balaban J connectivity index is 0.00000242. The van der Waals surface area contributed by atoms with E-state index in [2.05, 4.69) is 5.32 Å². The minimum atomic E-state index is -3.41. The molecule has 0 amide bonds. The van der Waals surface area contributed by atoms with Crippen LogP contribution >= 0.6 is 12.4 Å². The molecule has 0 spiro atoms. The van der Waals surface area contributed by atoms with Crippen LogP contribution in [0.1, 0.15) is 22.0 Å². The molecule has 3 N–H and O–H groups in total. The van der Waals surface area contributed by atoms with Gasteiger partial charge in [-0.3, -0.25) is 4.90 Å². The number of aliphatic hydroxyl groups excluding tert-OH is 1. The summed E-state index contributed by atoms with van der Waals surface area (Å²) in [5.74, 6) is -4.66. The topological polar surface area (TPSA) is 72.8 Å². The van der Waals surface area contributed by atoms with E-state index in [1.165, 1.54) is 29.2 Å². The Bertz CT molecular complexity index is 511. The van der Waals surface area contributed by atoms with E-state index in [0.29, 0.717) is 26.2 Å². The van der Waals surface area contributed by atoms with Gasteiger partial charge in [0.25, 0.3) is 5.92 Å². The van der Waals surface area contributed by atoms with Crippen LogP contribution in [0.3, 0.4) is 0 Å². The van der Waals surface area contributed by atoms with Crippen molar-refractivity contribution in [2.75, 3.05) is 32.8 Å². The molecule has 22 heavy (non-hydrogen) atoms. The van der Waals surface area contributed by atoms with Crippen LogP contribution in [-0.4, -0.2) is 59.8 Å². The largest absolute Gasteiger partial charge is 0.478 e. The van der Waals surface area contributed by atoms with Crippen LogP contribution in [0.5, 0.6) is 0 Å². The molecule has 1 saturated heterocycles. The highest BCUT2D eigenvalue weighted by molar-refractivity contribution is 5.89. The summed E-state index contributed by atoms with van der Waals surface area (Å²) >= 11 is 0.